The predicted octanol–water partition coefficient (Wildman–Crippen LogP) is 0.984. The van der Waals surface area contributed by atoms with Crippen LogP contribution in [0, 0.1) is 0 Å². The molecular weight excluding hydrogens is 403 g/mol. The number of nitrogens with one attached hydrogen (secondary N) is 1. The zero-order valence-electron chi connectivity index (χ0n) is 16.6. The molecule has 1 aromatic heterocycles. The van der Waals surface area contributed by atoms with Crippen LogP contribution in [0.1, 0.15) is 21.6 Å². The van der Waals surface area contributed by atoms with Gasteiger partial charge in [-0.3, -0.25) is 9.78 Å². The smallest absolute Gasteiger partial charge is 0.374 e. The van der Waals surface area contributed by atoms with Crippen LogP contribution in [-0.4, -0.2) is 64.7 Å². The molecule has 2 aromatic rings. The van der Waals surface area contributed by atoms with Gasteiger partial charge < -0.3 is 19.8 Å². The van der Waals surface area contributed by atoms with E-state index >= 15 is 0 Å². The first-order chi connectivity index (χ1) is 14.3. The summed E-state index contributed by atoms with van der Waals surface area (Å²) in [5.74, 6) is -0.172. The van der Waals surface area contributed by atoms with Crippen molar-refractivity contribution in [3.63, 3.8) is 0 Å². The summed E-state index contributed by atoms with van der Waals surface area (Å²) in [4.78, 5) is 21.4. The summed E-state index contributed by atoms with van der Waals surface area (Å²) in [6.07, 6.45) is 2.93. The molecule has 1 aromatic carbocycles. The van der Waals surface area contributed by atoms with Crippen molar-refractivity contribution < 1.29 is 17.9 Å². The van der Waals surface area contributed by atoms with E-state index in [2.05, 4.69) is 27.8 Å². The van der Waals surface area contributed by atoms with Gasteiger partial charge in [0.2, 0.25) is 0 Å². The quantitative estimate of drug-likeness (QED) is 0.732. The zero-order valence-corrected chi connectivity index (χ0v) is 17.4. The number of carbonyl (C=O) groups excluding carboxylic acids is 1. The molecule has 0 bridgehead atoms. The molecule has 1 amide bonds. The Hall–Kier alpha value is -3.01. The highest BCUT2D eigenvalue weighted by Crippen LogP contribution is 2.28. The maximum Gasteiger partial charge on any atom is 0.374 e. The second kappa shape index (κ2) is 7.68. The number of pyridine rings is 1. The number of fused-ring (bicyclic) bond motifs is 1. The van der Waals surface area contributed by atoms with Crippen molar-refractivity contribution in [2.75, 3.05) is 37.3 Å². The van der Waals surface area contributed by atoms with Crippen LogP contribution >= 0.6 is 0 Å². The summed E-state index contributed by atoms with van der Waals surface area (Å²) < 4.78 is 28.5. The highest BCUT2D eigenvalue weighted by Gasteiger charge is 2.26. The van der Waals surface area contributed by atoms with Crippen molar-refractivity contribution in [3.05, 3.63) is 53.9 Å². The van der Waals surface area contributed by atoms with Crippen LogP contribution < -0.4 is 14.9 Å². The fraction of sp³-hybridized carbons (Fsp3) is 0.300. The van der Waals surface area contributed by atoms with Gasteiger partial charge in [-0.2, -0.15) is 0 Å². The number of hydrogen-bond donors (Lipinski definition) is 1. The summed E-state index contributed by atoms with van der Waals surface area (Å²) in [5, 5.41) is 3.19. The first-order valence-corrected chi connectivity index (χ1v) is 11.3. The Balaban J connectivity index is 1.50. The second-order valence-electron chi connectivity index (χ2n) is 7.35. The van der Waals surface area contributed by atoms with Crippen molar-refractivity contribution in [2.45, 2.75) is 11.4 Å². The molecule has 154 valence electrons. The lowest BCUT2D eigenvalue weighted by Crippen LogP contribution is -2.49. The third-order valence-corrected chi connectivity index (χ3v) is 6.53. The molecule has 1 N–H and O–H groups in total. The SMILES string of the molecule is [B]Oc1ccc(S(C)(=O)=O)cc1C(=O)N1CCN(c2cnc3c(c2)C(=C)NC3)CC1. The molecule has 1 saturated heterocycles. The lowest BCUT2D eigenvalue weighted by molar-refractivity contribution is 0.0744. The first-order valence-electron chi connectivity index (χ1n) is 9.45. The largest absolute Gasteiger partial charge is 0.567 e. The average Bonchev–Trinajstić information content (AvgIpc) is 3.12. The maximum absolute atomic E-state index is 13.0. The van der Waals surface area contributed by atoms with E-state index in [1.54, 1.807) is 4.90 Å². The standard InChI is InChI=1S/C20H21BN4O4S/c1-13-16-9-14(11-23-18(16)12-22-13)24-5-7-25(8-6-24)20(26)17-10-15(30(2,27)28)3-4-19(17)29-21/h3-4,9-11,22H,1,5-8,12H2,2H3. The number of amides is 1. The lowest BCUT2D eigenvalue weighted by atomic mass is 10.1. The van der Waals surface area contributed by atoms with Crippen molar-refractivity contribution >= 4 is 35.2 Å². The number of aromatic nitrogens is 1. The molecule has 2 aliphatic heterocycles. The summed E-state index contributed by atoms with van der Waals surface area (Å²) in [6.45, 7) is 6.89. The molecule has 2 aliphatic rings. The fourth-order valence-electron chi connectivity index (χ4n) is 3.69. The van der Waals surface area contributed by atoms with Gasteiger partial charge in [0.25, 0.3) is 5.91 Å². The van der Waals surface area contributed by atoms with E-state index < -0.39 is 9.84 Å². The number of hydrogen-bond acceptors (Lipinski definition) is 7. The van der Waals surface area contributed by atoms with Crippen LogP contribution in [0.15, 0.2) is 41.9 Å². The van der Waals surface area contributed by atoms with Gasteiger partial charge in [0.15, 0.2) is 9.84 Å². The van der Waals surface area contributed by atoms with Gasteiger partial charge in [0.1, 0.15) is 5.75 Å². The van der Waals surface area contributed by atoms with E-state index in [9.17, 15) is 13.2 Å². The first kappa shape index (κ1) is 20.3. The normalized spacial score (nSPS) is 16.2. The summed E-state index contributed by atoms with van der Waals surface area (Å²) in [5.41, 5.74) is 3.99. The fourth-order valence-corrected chi connectivity index (χ4v) is 4.34. The van der Waals surface area contributed by atoms with Crippen molar-refractivity contribution in [3.8, 4) is 5.75 Å². The summed E-state index contributed by atoms with van der Waals surface area (Å²) >= 11 is 0. The van der Waals surface area contributed by atoms with Crippen molar-refractivity contribution in [1.29, 1.82) is 0 Å². The van der Waals surface area contributed by atoms with E-state index in [0.717, 1.165) is 28.9 Å². The molecule has 0 aliphatic carbocycles. The van der Waals surface area contributed by atoms with Crippen LogP contribution in [0.25, 0.3) is 5.70 Å². The van der Waals surface area contributed by atoms with Gasteiger partial charge in [0, 0.05) is 43.7 Å². The van der Waals surface area contributed by atoms with E-state index in [1.165, 1.54) is 18.2 Å². The second-order valence-corrected chi connectivity index (χ2v) is 9.36. The van der Waals surface area contributed by atoms with Crippen LogP contribution in [-0.2, 0) is 16.4 Å². The Labute approximate surface area is 176 Å². The number of anilines is 1. The van der Waals surface area contributed by atoms with E-state index in [4.69, 9.17) is 12.7 Å². The van der Waals surface area contributed by atoms with Gasteiger partial charge in [-0.15, -0.1) is 0 Å². The van der Waals surface area contributed by atoms with Gasteiger partial charge in [-0.05, 0) is 24.3 Å². The van der Waals surface area contributed by atoms with Crippen LogP contribution in [0.3, 0.4) is 0 Å². The number of piperazine rings is 1. The van der Waals surface area contributed by atoms with Crippen LogP contribution in [0.2, 0.25) is 0 Å². The molecule has 0 unspecified atom stereocenters. The monoisotopic (exact) mass is 424 g/mol. The molecular formula is C20H21BN4O4S. The summed E-state index contributed by atoms with van der Waals surface area (Å²) in [6, 6.07) is 6.15. The zero-order chi connectivity index (χ0) is 21.5. The number of sulfone groups is 1. The number of rotatable bonds is 4. The van der Waals surface area contributed by atoms with Crippen molar-refractivity contribution in [2.24, 2.45) is 0 Å². The third-order valence-electron chi connectivity index (χ3n) is 5.42. The molecule has 0 atom stereocenters. The van der Waals surface area contributed by atoms with Gasteiger partial charge in [0.05, 0.1) is 34.6 Å². The molecule has 3 heterocycles. The Kier molecular flexibility index (Phi) is 5.19. The molecule has 8 nitrogen and oxygen atoms in total. The Bertz CT molecular complexity index is 1130. The summed E-state index contributed by atoms with van der Waals surface area (Å²) in [7, 11) is 1.82. The minimum atomic E-state index is -3.46. The minimum Gasteiger partial charge on any atom is -0.567 e. The van der Waals surface area contributed by atoms with Crippen molar-refractivity contribution in [1.82, 2.24) is 15.2 Å². The molecule has 1 fully saturated rings. The molecule has 2 radical (unpaired) electrons. The van der Waals surface area contributed by atoms with Crippen LogP contribution in [0.5, 0.6) is 5.75 Å². The van der Waals surface area contributed by atoms with Crippen LogP contribution in [0.4, 0.5) is 5.69 Å². The van der Waals surface area contributed by atoms with Gasteiger partial charge in [-0.1, -0.05) is 6.58 Å². The van der Waals surface area contributed by atoms with E-state index in [1.807, 2.05) is 6.20 Å². The molecule has 0 saturated carbocycles. The predicted molar refractivity (Wildman–Crippen MR) is 114 cm³/mol. The lowest BCUT2D eigenvalue weighted by Gasteiger charge is -2.36. The van der Waals surface area contributed by atoms with E-state index in [0.29, 0.717) is 32.7 Å². The molecule has 0 spiro atoms. The molecule has 4 rings (SSSR count). The topological polar surface area (TPSA) is 91.8 Å². The molecule has 10 heteroatoms. The third kappa shape index (κ3) is 3.74. The molecule has 30 heavy (non-hydrogen) atoms. The Morgan fingerprint density at radius 3 is 2.63 bits per heavy atom. The van der Waals surface area contributed by atoms with Gasteiger partial charge >= 0.3 is 8.05 Å². The Morgan fingerprint density at radius 1 is 1.23 bits per heavy atom. The highest BCUT2D eigenvalue weighted by atomic mass is 32.2. The number of nitrogens with zero attached hydrogens (tertiary/aromatic N) is 3. The highest BCUT2D eigenvalue weighted by molar-refractivity contribution is 7.90. The minimum absolute atomic E-state index is 0.0448. The average molecular weight is 424 g/mol. The number of carbonyl (C=O) groups is 1. The number of benzene rings is 1. The maximum atomic E-state index is 13.0. The van der Waals surface area contributed by atoms with E-state index in [-0.39, 0.29) is 22.1 Å². The van der Waals surface area contributed by atoms with Gasteiger partial charge in [-0.25, -0.2) is 8.42 Å². The Morgan fingerprint density at radius 2 is 1.97 bits per heavy atom.